The Bertz CT molecular complexity index is 831. The Morgan fingerprint density at radius 2 is 2.12 bits per heavy atom. The van der Waals surface area contributed by atoms with Gasteiger partial charge in [-0.05, 0) is 35.7 Å². The molecule has 2 aromatic carbocycles. The van der Waals surface area contributed by atoms with Gasteiger partial charge in [0.15, 0.2) is 0 Å². The minimum atomic E-state index is -0.471. The number of nitrogens with one attached hydrogen (secondary N) is 1. The number of nitrogens with zero attached hydrogens (tertiary/aromatic N) is 1. The van der Waals surface area contributed by atoms with Crippen LogP contribution in [0.3, 0.4) is 0 Å². The third-order valence-corrected chi connectivity index (χ3v) is 4.69. The highest BCUT2D eigenvalue weighted by Gasteiger charge is 2.11. The zero-order valence-corrected chi connectivity index (χ0v) is 14.5. The first-order valence-corrected chi connectivity index (χ1v) is 8.93. The monoisotopic (exact) mass is 384 g/mol. The minimum Gasteiger partial charge on any atom is -0.487 e. The number of ether oxygens (including phenoxy) is 1. The SMILES string of the molecule is Fc1cccc(COc2cc(F)c(SNc3cscn3)cc2Cl)c1. The lowest BCUT2D eigenvalue weighted by Gasteiger charge is -2.11. The van der Waals surface area contributed by atoms with Crippen LogP contribution in [0.15, 0.2) is 52.2 Å². The third kappa shape index (κ3) is 4.37. The first kappa shape index (κ1) is 17.0. The van der Waals surface area contributed by atoms with Crippen molar-refractivity contribution in [1.82, 2.24) is 4.98 Å². The van der Waals surface area contributed by atoms with E-state index in [1.165, 1.54) is 35.6 Å². The topological polar surface area (TPSA) is 34.1 Å². The van der Waals surface area contributed by atoms with Crippen molar-refractivity contribution >= 4 is 40.7 Å². The quantitative estimate of drug-likeness (QED) is 0.547. The summed E-state index contributed by atoms with van der Waals surface area (Å²) in [6.07, 6.45) is 0. The van der Waals surface area contributed by atoms with E-state index in [1.54, 1.807) is 17.6 Å². The first-order valence-electron chi connectivity index (χ1n) is 6.79. The summed E-state index contributed by atoms with van der Waals surface area (Å²) in [6.45, 7) is 0.0977. The van der Waals surface area contributed by atoms with Crippen molar-refractivity contribution in [2.24, 2.45) is 0 Å². The van der Waals surface area contributed by atoms with Crippen molar-refractivity contribution in [3.05, 3.63) is 69.5 Å². The molecule has 0 aliphatic heterocycles. The molecule has 1 N–H and O–H groups in total. The van der Waals surface area contributed by atoms with Gasteiger partial charge in [0, 0.05) is 11.4 Å². The van der Waals surface area contributed by atoms with Crippen molar-refractivity contribution in [2.75, 3.05) is 4.72 Å². The van der Waals surface area contributed by atoms with E-state index >= 15 is 0 Å². The van der Waals surface area contributed by atoms with Crippen LogP contribution in [0.5, 0.6) is 5.75 Å². The van der Waals surface area contributed by atoms with E-state index in [0.717, 1.165) is 11.9 Å². The fourth-order valence-corrected chi connectivity index (χ4v) is 3.36. The Morgan fingerprint density at radius 3 is 2.88 bits per heavy atom. The number of anilines is 1. The van der Waals surface area contributed by atoms with Crippen LogP contribution in [0.25, 0.3) is 0 Å². The van der Waals surface area contributed by atoms with E-state index in [9.17, 15) is 8.78 Å². The predicted octanol–water partition coefficient (Wildman–Crippen LogP) is 5.77. The van der Waals surface area contributed by atoms with Gasteiger partial charge < -0.3 is 9.46 Å². The molecule has 3 aromatic rings. The summed E-state index contributed by atoms with van der Waals surface area (Å²) in [5.41, 5.74) is 2.31. The second-order valence-electron chi connectivity index (χ2n) is 4.71. The highest BCUT2D eigenvalue weighted by atomic mass is 35.5. The van der Waals surface area contributed by atoms with Gasteiger partial charge in [-0.1, -0.05) is 23.7 Å². The van der Waals surface area contributed by atoms with Crippen LogP contribution in [0.1, 0.15) is 5.56 Å². The molecule has 1 aromatic heterocycles. The standard InChI is InChI=1S/C16H11ClF2N2OS2/c17-12-5-15(24-21-16-8-23-9-20-16)13(19)6-14(12)22-7-10-2-1-3-11(18)4-10/h1-6,8-9,21H,7H2. The Labute approximate surface area is 150 Å². The number of thiazole rings is 1. The summed E-state index contributed by atoms with van der Waals surface area (Å²) in [6, 6.07) is 8.69. The summed E-state index contributed by atoms with van der Waals surface area (Å²) in [5, 5.41) is 2.08. The van der Waals surface area contributed by atoms with Gasteiger partial charge >= 0.3 is 0 Å². The maximum absolute atomic E-state index is 14.2. The lowest BCUT2D eigenvalue weighted by molar-refractivity contribution is 0.303. The van der Waals surface area contributed by atoms with Crippen molar-refractivity contribution in [3.63, 3.8) is 0 Å². The van der Waals surface area contributed by atoms with E-state index in [-0.39, 0.29) is 23.2 Å². The van der Waals surface area contributed by atoms with Gasteiger partial charge in [-0.3, -0.25) is 0 Å². The van der Waals surface area contributed by atoms with Crippen LogP contribution < -0.4 is 9.46 Å². The summed E-state index contributed by atoms with van der Waals surface area (Å²) < 4.78 is 35.7. The number of aromatic nitrogens is 1. The van der Waals surface area contributed by atoms with Crippen LogP contribution in [0, 0.1) is 11.6 Å². The fourth-order valence-electron chi connectivity index (χ4n) is 1.86. The zero-order valence-electron chi connectivity index (χ0n) is 12.1. The Morgan fingerprint density at radius 1 is 1.25 bits per heavy atom. The Hall–Kier alpha value is -1.83. The van der Waals surface area contributed by atoms with Crippen molar-refractivity contribution < 1.29 is 13.5 Å². The lowest BCUT2D eigenvalue weighted by atomic mass is 10.2. The van der Waals surface area contributed by atoms with Crippen LogP contribution in [-0.2, 0) is 6.61 Å². The second-order valence-corrected chi connectivity index (χ2v) is 6.68. The maximum Gasteiger partial charge on any atom is 0.147 e. The molecule has 0 fully saturated rings. The fraction of sp³-hybridized carbons (Fsp3) is 0.0625. The lowest BCUT2D eigenvalue weighted by Crippen LogP contribution is -1.98. The third-order valence-electron chi connectivity index (χ3n) is 2.97. The predicted molar refractivity (Wildman–Crippen MR) is 93.7 cm³/mol. The van der Waals surface area contributed by atoms with Gasteiger partial charge in [-0.15, -0.1) is 11.3 Å². The minimum absolute atomic E-state index is 0.0977. The van der Waals surface area contributed by atoms with Gasteiger partial charge in [-0.25, -0.2) is 13.8 Å². The molecule has 0 unspecified atom stereocenters. The summed E-state index contributed by atoms with van der Waals surface area (Å²) in [7, 11) is 0. The molecule has 0 saturated heterocycles. The van der Waals surface area contributed by atoms with Crippen LogP contribution in [-0.4, -0.2) is 4.98 Å². The molecule has 0 aliphatic rings. The zero-order chi connectivity index (χ0) is 16.9. The second kappa shape index (κ2) is 7.83. The Balaban J connectivity index is 1.67. The number of hydrogen-bond acceptors (Lipinski definition) is 5. The molecule has 3 rings (SSSR count). The number of benzene rings is 2. The molecule has 0 atom stereocenters. The molecule has 24 heavy (non-hydrogen) atoms. The first-order chi connectivity index (χ1) is 11.6. The normalized spacial score (nSPS) is 10.6. The smallest absolute Gasteiger partial charge is 0.147 e. The van der Waals surface area contributed by atoms with Crippen LogP contribution in [0.4, 0.5) is 14.6 Å². The molecule has 8 heteroatoms. The summed E-state index contributed by atoms with van der Waals surface area (Å²) >= 11 is 8.65. The summed E-state index contributed by atoms with van der Waals surface area (Å²) in [5.74, 6) is 0.0259. The van der Waals surface area contributed by atoms with Crippen molar-refractivity contribution in [1.29, 1.82) is 0 Å². The van der Waals surface area contributed by atoms with Gasteiger partial charge in [0.2, 0.25) is 0 Å². The van der Waals surface area contributed by atoms with E-state index < -0.39 is 5.82 Å². The molecular weight excluding hydrogens is 374 g/mol. The molecule has 1 heterocycles. The van der Waals surface area contributed by atoms with E-state index in [2.05, 4.69) is 9.71 Å². The van der Waals surface area contributed by atoms with Gasteiger partial charge in [0.1, 0.15) is 29.8 Å². The highest BCUT2D eigenvalue weighted by molar-refractivity contribution is 8.00. The number of halogens is 3. The highest BCUT2D eigenvalue weighted by Crippen LogP contribution is 2.33. The average molecular weight is 385 g/mol. The van der Waals surface area contributed by atoms with Crippen molar-refractivity contribution in [3.8, 4) is 5.75 Å². The molecular formula is C16H11ClF2N2OS2. The molecule has 0 radical (unpaired) electrons. The Kier molecular flexibility index (Phi) is 5.55. The maximum atomic E-state index is 14.2. The number of rotatable bonds is 6. The number of hydrogen-bond donors (Lipinski definition) is 1. The van der Waals surface area contributed by atoms with E-state index in [1.807, 2.05) is 5.38 Å². The molecule has 0 bridgehead atoms. The average Bonchev–Trinajstić information content (AvgIpc) is 3.07. The molecule has 0 spiro atoms. The van der Waals surface area contributed by atoms with Gasteiger partial charge in [0.05, 0.1) is 15.4 Å². The van der Waals surface area contributed by atoms with Crippen LogP contribution in [0.2, 0.25) is 5.02 Å². The summed E-state index contributed by atoms with van der Waals surface area (Å²) in [4.78, 5) is 4.37. The van der Waals surface area contributed by atoms with Gasteiger partial charge in [-0.2, -0.15) is 0 Å². The molecule has 0 aliphatic carbocycles. The largest absolute Gasteiger partial charge is 0.487 e. The molecule has 0 saturated carbocycles. The van der Waals surface area contributed by atoms with E-state index in [0.29, 0.717) is 16.3 Å². The van der Waals surface area contributed by atoms with E-state index in [4.69, 9.17) is 16.3 Å². The molecule has 0 amide bonds. The molecule has 124 valence electrons. The van der Waals surface area contributed by atoms with Gasteiger partial charge in [0.25, 0.3) is 0 Å². The van der Waals surface area contributed by atoms with Crippen LogP contribution >= 0.6 is 34.9 Å². The van der Waals surface area contributed by atoms with Crippen molar-refractivity contribution in [2.45, 2.75) is 11.5 Å². The molecule has 3 nitrogen and oxygen atoms in total.